The predicted octanol–water partition coefficient (Wildman–Crippen LogP) is 2.55. The predicted molar refractivity (Wildman–Crippen MR) is 67.3 cm³/mol. The molecule has 1 heterocycles. The van der Waals surface area contributed by atoms with E-state index in [1.807, 2.05) is 24.3 Å². The molecule has 0 saturated carbocycles. The number of hydrogen-bond acceptors (Lipinski definition) is 5. The van der Waals surface area contributed by atoms with Gasteiger partial charge in [-0.2, -0.15) is 0 Å². The van der Waals surface area contributed by atoms with Gasteiger partial charge >= 0.3 is 5.97 Å². The minimum Gasteiger partial charge on any atom is -0.468 e. The summed E-state index contributed by atoms with van der Waals surface area (Å²) in [6, 6.07) is 7.46. The molecular formula is C11H9ClN2O2S. The third-order valence-corrected chi connectivity index (χ3v) is 3.19. The Morgan fingerprint density at radius 1 is 1.41 bits per heavy atom. The number of carbonyl (C=O) groups is 1. The van der Waals surface area contributed by atoms with Crippen molar-refractivity contribution in [2.75, 3.05) is 12.9 Å². The van der Waals surface area contributed by atoms with Crippen LogP contribution in [0.2, 0.25) is 5.15 Å². The van der Waals surface area contributed by atoms with Gasteiger partial charge in [-0.15, -0.1) is 0 Å². The van der Waals surface area contributed by atoms with Gasteiger partial charge < -0.3 is 4.74 Å². The summed E-state index contributed by atoms with van der Waals surface area (Å²) in [5.74, 6) is -0.145. The van der Waals surface area contributed by atoms with Gasteiger partial charge in [-0.25, -0.2) is 9.97 Å². The molecule has 4 nitrogen and oxygen atoms in total. The lowest BCUT2D eigenvalue weighted by molar-refractivity contribution is -0.137. The first-order valence-corrected chi connectivity index (χ1v) is 6.19. The Labute approximate surface area is 107 Å². The van der Waals surface area contributed by atoms with Gasteiger partial charge in [-0.3, -0.25) is 4.79 Å². The summed E-state index contributed by atoms with van der Waals surface area (Å²) in [4.78, 5) is 19.4. The summed E-state index contributed by atoms with van der Waals surface area (Å²) in [5, 5.41) is 1.67. The molecular weight excluding hydrogens is 260 g/mol. The van der Waals surface area contributed by atoms with Crippen LogP contribution in [0.3, 0.4) is 0 Å². The van der Waals surface area contributed by atoms with Crippen molar-refractivity contribution < 1.29 is 9.53 Å². The molecule has 2 aromatic rings. The van der Waals surface area contributed by atoms with Crippen LogP contribution < -0.4 is 0 Å². The van der Waals surface area contributed by atoms with Crippen LogP contribution in [0.25, 0.3) is 10.9 Å². The van der Waals surface area contributed by atoms with Crippen LogP contribution in [0.4, 0.5) is 0 Å². The number of methoxy groups -OCH3 is 1. The van der Waals surface area contributed by atoms with E-state index in [-0.39, 0.29) is 11.7 Å². The van der Waals surface area contributed by atoms with Crippen LogP contribution in [0.5, 0.6) is 0 Å². The van der Waals surface area contributed by atoms with E-state index in [1.165, 1.54) is 18.9 Å². The molecule has 2 rings (SSSR count). The third kappa shape index (κ3) is 2.87. The zero-order valence-electron chi connectivity index (χ0n) is 9.01. The van der Waals surface area contributed by atoms with Crippen molar-refractivity contribution in [1.29, 1.82) is 0 Å². The molecule has 0 N–H and O–H groups in total. The second kappa shape index (κ2) is 5.33. The van der Waals surface area contributed by atoms with Gasteiger partial charge in [-0.05, 0) is 12.1 Å². The number of carbonyl (C=O) groups excluding carboxylic acids is 1. The topological polar surface area (TPSA) is 52.1 Å². The number of hydrogen-bond donors (Lipinski definition) is 0. The fourth-order valence-electron chi connectivity index (χ4n) is 1.26. The summed E-state index contributed by atoms with van der Waals surface area (Å²) < 4.78 is 4.54. The molecule has 0 saturated heterocycles. The van der Waals surface area contributed by atoms with E-state index in [9.17, 15) is 4.79 Å². The van der Waals surface area contributed by atoms with Crippen molar-refractivity contribution in [1.82, 2.24) is 9.97 Å². The molecule has 0 atom stereocenters. The maximum atomic E-state index is 11.0. The second-order valence-electron chi connectivity index (χ2n) is 3.18. The Balaban J connectivity index is 2.27. The molecule has 0 aliphatic heterocycles. The van der Waals surface area contributed by atoms with Crippen LogP contribution in [-0.4, -0.2) is 28.8 Å². The van der Waals surface area contributed by atoms with Crippen molar-refractivity contribution in [3.63, 3.8) is 0 Å². The molecule has 0 fully saturated rings. The minimum absolute atomic E-state index is 0.172. The molecule has 0 bridgehead atoms. The first-order valence-electron chi connectivity index (χ1n) is 4.82. The van der Waals surface area contributed by atoms with E-state index >= 15 is 0 Å². The zero-order valence-corrected chi connectivity index (χ0v) is 10.6. The highest BCUT2D eigenvalue weighted by Gasteiger charge is 2.08. The van der Waals surface area contributed by atoms with Gasteiger partial charge in [0, 0.05) is 5.39 Å². The Kier molecular flexibility index (Phi) is 3.81. The molecule has 1 aromatic heterocycles. The Hall–Kier alpha value is -1.33. The van der Waals surface area contributed by atoms with Gasteiger partial charge in [0.2, 0.25) is 0 Å². The molecule has 1 aromatic carbocycles. The van der Waals surface area contributed by atoms with Gasteiger partial charge in [0.05, 0.1) is 18.4 Å². The number of benzene rings is 1. The van der Waals surface area contributed by atoms with Crippen molar-refractivity contribution in [3.8, 4) is 0 Å². The lowest BCUT2D eigenvalue weighted by Gasteiger charge is -2.03. The lowest BCUT2D eigenvalue weighted by atomic mass is 10.2. The number of ether oxygens (including phenoxy) is 1. The van der Waals surface area contributed by atoms with E-state index in [0.29, 0.717) is 10.3 Å². The van der Waals surface area contributed by atoms with Gasteiger partial charge in [-0.1, -0.05) is 35.5 Å². The van der Waals surface area contributed by atoms with Crippen molar-refractivity contribution in [3.05, 3.63) is 29.4 Å². The molecule has 6 heteroatoms. The summed E-state index contributed by atoms with van der Waals surface area (Å²) in [7, 11) is 1.34. The van der Waals surface area contributed by atoms with Crippen LogP contribution in [0.15, 0.2) is 29.4 Å². The highest BCUT2D eigenvalue weighted by molar-refractivity contribution is 7.99. The van der Waals surface area contributed by atoms with E-state index < -0.39 is 0 Å². The SMILES string of the molecule is COC(=O)CSc1nc(Cl)c2ccccc2n1. The fourth-order valence-corrected chi connectivity index (χ4v) is 2.24. The number of esters is 1. The maximum absolute atomic E-state index is 11.0. The highest BCUT2D eigenvalue weighted by atomic mass is 35.5. The van der Waals surface area contributed by atoms with E-state index in [1.54, 1.807) is 0 Å². The van der Waals surface area contributed by atoms with Crippen molar-refractivity contribution in [2.45, 2.75) is 5.16 Å². The van der Waals surface area contributed by atoms with Crippen molar-refractivity contribution in [2.24, 2.45) is 0 Å². The second-order valence-corrected chi connectivity index (χ2v) is 4.48. The molecule has 0 radical (unpaired) electrons. The largest absolute Gasteiger partial charge is 0.468 e. The number of halogens is 1. The van der Waals surface area contributed by atoms with Crippen molar-refractivity contribution >= 4 is 40.2 Å². The number of thioether (sulfide) groups is 1. The van der Waals surface area contributed by atoms with E-state index in [0.717, 1.165) is 10.9 Å². The third-order valence-electron chi connectivity index (χ3n) is 2.08. The number of nitrogens with zero attached hydrogens (tertiary/aromatic N) is 2. The Morgan fingerprint density at radius 2 is 2.18 bits per heavy atom. The standard InChI is InChI=1S/C11H9ClN2O2S/c1-16-9(15)6-17-11-13-8-5-3-2-4-7(8)10(12)14-11/h2-5H,6H2,1H3. The quantitative estimate of drug-likeness (QED) is 0.371. The smallest absolute Gasteiger partial charge is 0.316 e. The molecule has 17 heavy (non-hydrogen) atoms. The van der Waals surface area contributed by atoms with Crippen LogP contribution in [-0.2, 0) is 9.53 Å². The molecule has 0 aliphatic carbocycles. The molecule has 0 aliphatic rings. The average molecular weight is 269 g/mol. The highest BCUT2D eigenvalue weighted by Crippen LogP contribution is 2.23. The molecule has 88 valence electrons. The van der Waals surface area contributed by atoms with Gasteiger partial charge in [0.25, 0.3) is 0 Å². The normalized spacial score (nSPS) is 10.5. The maximum Gasteiger partial charge on any atom is 0.316 e. The lowest BCUT2D eigenvalue weighted by Crippen LogP contribution is -2.04. The fraction of sp³-hybridized carbons (Fsp3) is 0.182. The number of para-hydroxylation sites is 1. The van der Waals surface area contributed by atoms with Crippen LogP contribution in [0, 0.1) is 0 Å². The monoisotopic (exact) mass is 268 g/mol. The first-order chi connectivity index (χ1) is 8.20. The Morgan fingerprint density at radius 3 is 2.94 bits per heavy atom. The number of rotatable bonds is 3. The first kappa shape index (κ1) is 12.1. The molecule has 0 spiro atoms. The minimum atomic E-state index is -0.317. The van der Waals surface area contributed by atoms with Gasteiger partial charge in [0.15, 0.2) is 5.16 Å². The van der Waals surface area contributed by atoms with E-state index in [2.05, 4.69) is 14.7 Å². The summed E-state index contributed by atoms with van der Waals surface area (Å²) >= 11 is 7.23. The van der Waals surface area contributed by atoms with Gasteiger partial charge in [0.1, 0.15) is 5.15 Å². The number of aromatic nitrogens is 2. The summed E-state index contributed by atoms with van der Waals surface area (Å²) in [5.41, 5.74) is 0.764. The number of fused-ring (bicyclic) bond motifs is 1. The molecule has 0 amide bonds. The average Bonchev–Trinajstić information content (AvgIpc) is 2.36. The van der Waals surface area contributed by atoms with E-state index in [4.69, 9.17) is 11.6 Å². The van der Waals surface area contributed by atoms with Crippen LogP contribution in [0.1, 0.15) is 0 Å². The zero-order chi connectivity index (χ0) is 12.3. The molecule has 0 unspecified atom stereocenters. The summed E-state index contributed by atoms with van der Waals surface area (Å²) in [6.45, 7) is 0. The van der Waals surface area contributed by atoms with Crippen LogP contribution >= 0.6 is 23.4 Å². The summed E-state index contributed by atoms with van der Waals surface area (Å²) in [6.07, 6.45) is 0. The Bertz CT molecular complexity index is 562.